The maximum Gasteiger partial charge on any atom is 0.161 e. The normalized spacial score (nSPS) is 11.0. The fraction of sp³-hybridized carbons (Fsp3) is 0.263. The van der Waals surface area contributed by atoms with Crippen molar-refractivity contribution in [2.75, 3.05) is 18.5 Å². The molecule has 0 aliphatic carbocycles. The first-order chi connectivity index (χ1) is 12.5. The molecule has 1 atom stereocenters. The second-order valence-corrected chi connectivity index (χ2v) is 5.46. The van der Waals surface area contributed by atoms with Gasteiger partial charge in [-0.05, 0) is 55.8 Å². The molecule has 0 saturated carbocycles. The second kappa shape index (κ2) is 10.3. The van der Waals surface area contributed by atoms with E-state index in [0.717, 1.165) is 0 Å². The van der Waals surface area contributed by atoms with Crippen molar-refractivity contribution in [1.82, 2.24) is 0 Å². The van der Waals surface area contributed by atoms with Crippen LogP contribution in [0.3, 0.4) is 0 Å². The molecule has 2 rings (SSSR count). The minimum Gasteiger partial charge on any atom is -0.548 e. The van der Waals surface area contributed by atoms with Crippen molar-refractivity contribution in [3.63, 3.8) is 0 Å². The third kappa shape index (κ3) is 5.79. The van der Waals surface area contributed by atoms with Gasteiger partial charge in [-0.1, -0.05) is 6.07 Å². The van der Waals surface area contributed by atoms with Gasteiger partial charge in [0.15, 0.2) is 11.5 Å². The van der Waals surface area contributed by atoms with Crippen LogP contribution in [0, 0.1) is 5.41 Å². The molecule has 27 heavy (non-hydrogen) atoms. The van der Waals surface area contributed by atoms with E-state index in [1.165, 1.54) is 0 Å². The van der Waals surface area contributed by atoms with Gasteiger partial charge in [0.05, 0.1) is 25.2 Å². The summed E-state index contributed by atoms with van der Waals surface area (Å²) in [7, 11) is 0. The Labute approximate surface area is 164 Å². The zero-order valence-corrected chi connectivity index (χ0v) is 16.0. The molecular formula is C19H23ClN3O4-. The summed E-state index contributed by atoms with van der Waals surface area (Å²) in [5.74, 6) is -0.291. The number of ether oxygens (including phenoxy) is 2. The Morgan fingerprint density at radius 3 is 2.22 bits per heavy atom. The number of carbonyl (C=O) groups excluding carboxylic acids is 1. The fourth-order valence-corrected chi connectivity index (χ4v) is 2.44. The quantitative estimate of drug-likeness (QED) is 0.444. The number of nitrogen functional groups attached to an aromatic ring is 1. The summed E-state index contributed by atoms with van der Waals surface area (Å²) in [6.07, 6.45) is 0. The molecule has 0 saturated heterocycles. The molecule has 0 heterocycles. The third-order valence-corrected chi connectivity index (χ3v) is 3.64. The Morgan fingerprint density at radius 2 is 1.70 bits per heavy atom. The average molecular weight is 393 g/mol. The number of carboxylic acid groups (broad SMARTS) is 1. The molecule has 2 aromatic rings. The van der Waals surface area contributed by atoms with Gasteiger partial charge in [0.1, 0.15) is 5.84 Å². The standard InChI is InChI=1S/C19H23N3O4.ClH/c1-3-25-15-10-7-13(11-16(15)26-4-2)17(19(23)24)22-14-8-5-12(6-9-14)18(20)21;/h5-11,17,22H,3-4H2,1-2H3,(H3,20,21)(H,23,24);1H/p-1. The number of anilines is 1. The number of nitrogens with one attached hydrogen (secondary N) is 2. The lowest BCUT2D eigenvalue weighted by Gasteiger charge is -2.23. The van der Waals surface area contributed by atoms with E-state index in [-0.39, 0.29) is 18.2 Å². The van der Waals surface area contributed by atoms with Crippen LogP contribution >= 0.6 is 12.4 Å². The monoisotopic (exact) mass is 392 g/mol. The molecule has 2 aromatic carbocycles. The predicted molar refractivity (Wildman–Crippen MR) is 105 cm³/mol. The first kappa shape index (κ1) is 22.1. The summed E-state index contributed by atoms with van der Waals surface area (Å²) < 4.78 is 11.0. The molecule has 8 heteroatoms. The Morgan fingerprint density at radius 1 is 1.11 bits per heavy atom. The highest BCUT2D eigenvalue weighted by Gasteiger charge is 2.16. The number of hydrogen-bond acceptors (Lipinski definition) is 6. The average Bonchev–Trinajstić information content (AvgIpc) is 2.62. The summed E-state index contributed by atoms with van der Waals surface area (Å²) >= 11 is 0. The Hall–Kier alpha value is -2.93. The van der Waals surface area contributed by atoms with Gasteiger partial charge in [0.2, 0.25) is 0 Å². The van der Waals surface area contributed by atoms with Crippen molar-refractivity contribution in [2.24, 2.45) is 5.73 Å². The summed E-state index contributed by atoms with van der Waals surface area (Å²) in [6, 6.07) is 10.5. The maximum atomic E-state index is 11.7. The number of carbonyl (C=O) groups is 1. The predicted octanol–water partition coefficient (Wildman–Crippen LogP) is 2.09. The van der Waals surface area contributed by atoms with E-state index >= 15 is 0 Å². The van der Waals surface area contributed by atoms with Crippen LogP contribution in [0.1, 0.15) is 31.0 Å². The molecule has 0 aliphatic heterocycles. The van der Waals surface area contributed by atoms with Gasteiger partial charge >= 0.3 is 0 Å². The molecule has 4 N–H and O–H groups in total. The number of halogens is 1. The maximum absolute atomic E-state index is 11.7. The van der Waals surface area contributed by atoms with Gasteiger partial charge in [-0.3, -0.25) is 5.41 Å². The van der Waals surface area contributed by atoms with E-state index in [9.17, 15) is 9.90 Å². The molecule has 1 unspecified atom stereocenters. The molecule has 0 spiro atoms. The second-order valence-electron chi connectivity index (χ2n) is 5.46. The van der Waals surface area contributed by atoms with Gasteiger partial charge in [0.25, 0.3) is 0 Å². The van der Waals surface area contributed by atoms with Crippen LogP contribution in [0.15, 0.2) is 42.5 Å². The van der Waals surface area contributed by atoms with Crippen molar-refractivity contribution in [1.29, 1.82) is 5.41 Å². The van der Waals surface area contributed by atoms with Gasteiger partial charge in [0, 0.05) is 11.3 Å². The number of amidine groups is 1. The Balaban J connectivity index is 0.00000364. The first-order valence-corrected chi connectivity index (χ1v) is 8.27. The minimum atomic E-state index is -1.27. The van der Waals surface area contributed by atoms with Crippen LogP contribution in [0.5, 0.6) is 11.5 Å². The van der Waals surface area contributed by atoms with Gasteiger partial charge < -0.3 is 30.4 Å². The highest BCUT2D eigenvalue weighted by atomic mass is 35.5. The molecule has 0 fully saturated rings. The van der Waals surface area contributed by atoms with Crippen molar-refractivity contribution in [3.05, 3.63) is 53.6 Å². The smallest absolute Gasteiger partial charge is 0.161 e. The number of rotatable bonds is 9. The molecule has 0 bridgehead atoms. The largest absolute Gasteiger partial charge is 0.548 e. The number of nitrogens with two attached hydrogens (primary N) is 1. The van der Waals surface area contributed by atoms with Crippen LogP contribution in [0.2, 0.25) is 0 Å². The van der Waals surface area contributed by atoms with E-state index in [1.54, 1.807) is 42.5 Å². The summed E-state index contributed by atoms with van der Waals surface area (Å²) in [5.41, 5.74) is 7.02. The summed E-state index contributed by atoms with van der Waals surface area (Å²) in [4.78, 5) is 11.7. The van der Waals surface area contributed by atoms with E-state index in [2.05, 4.69) is 5.32 Å². The fourth-order valence-electron chi connectivity index (χ4n) is 2.44. The van der Waals surface area contributed by atoms with E-state index < -0.39 is 12.0 Å². The molecule has 0 amide bonds. The highest BCUT2D eigenvalue weighted by Crippen LogP contribution is 2.32. The Kier molecular flexibility index (Phi) is 8.41. The molecule has 0 radical (unpaired) electrons. The van der Waals surface area contributed by atoms with Crippen molar-refractivity contribution < 1.29 is 19.4 Å². The number of carboxylic acids is 1. The third-order valence-electron chi connectivity index (χ3n) is 3.64. The summed E-state index contributed by atoms with van der Waals surface area (Å²) in [5, 5.41) is 22.0. The molecule has 0 aliphatic rings. The van der Waals surface area contributed by atoms with Crippen LogP contribution < -0.4 is 25.6 Å². The molecular weight excluding hydrogens is 370 g/mol. The minimum absolute atomic E-state index is 0. The van der Waals surface area contributed by atoms with Crippen LogP contribution in [0.4, 0.5) is 5.69 Å². The lowest BCUT2D eigenvalue weighted by Crippen LogP contribution is -2.34. The van der Waals surface area contributed by atoms with Crippen molar-refractivity contribution >= 4 is 29.9 Å². The summed E-state index contributed by atoms with van der Waals surface area (Å²) in [6.45, 7) is 4.61. The number of aliphatic carboxylic acids is 1. The van der Waals surface area contributed by atoms with E-state index in [0.29, 0.717) is 41.5 Å². The first-order valence-electron chi connectivity index (χ1n) is 8.27. The highest BCUT2D eigenvalue weighted by molar-refractivity contribution is 5.95. The molecule has 146 valence electrons. The van der Waals surface area contributed by atoms with E-state index in [4.69, 9.17) is 20.6 Å². The van der Waals surface area contributed by atoms with Crippen LogP contribution in [0.25, 0.3) is 0 Å². The Bertz CT molecular complexity index is 781. The van der Waals surface area contributed by atoms with E-state index in [1.807, 2.05) is 13.8 Å². The van der Waals surface area contributed by atoms with Crippen molar-refractivity contribution in [2.45, 2.75) is 19.9 Å². The van der Waals surface area contributed by atoms with Crippen LogP contribution in [-0.4, -0.2) is 25.0 Å². The SMILES string of the molecule is CCOc1ccc(C(Nc2ccc(C(=N)N)cc2)C(=O)[O-])cc1OCC.Cl. The molecule has 0 aromatic heterocycles. The topological polar surface area (TPSA) is 120 Å². The zero-order chi connectivity index (χ0) is 19.1. The molecule has 7 nitrogen and oxygen atoms in total. The zero-order valence-electron chi connectivity index (χ0n) is 15.2. The van der Waals surface area contributed by atoms with Crippen LogP contribution in [-0.2, 0) is 4.79 Å². The van der Waals surface area contributed by atoms with Gasteiger partial charge in [-0.25, -0.2) is 0 Å². The number of hydrogen-bond donors (Lipinski definition) is 3. The van der Waals surface area contributed by atoms with Crippen molar-refractivity contribution in [3.8, 4) is 11.5 Å². The lowest BCUT2D eigenvalue weighted by molar-refractivity contribution is -0.307. The van der Waals surface area contributed by atoms with Gasteiger partial charge in [-0.15, -0.1) is 12.4 Å². The number of benzene rings is 2. The van der Waals surface area contributed by atoms with Gasteiger partial charge in [-0.2, -0.15) is 0 Å². The lowest BCUT2D eigenvalue weighted by atomic mass is 10.1.